The summed E-state index contributed by atoms with van der Waals surface area (Å²) in [5.74, 6) is -1.20. The zero-order valence-electron chi connectivity index (χ0n) is 17.6. The number of rotatable bonds is 4. The van der Waals surface area contributed by atoms with Gasteiger partial charge in [-0.1, -0.05) is 13.8 Å². The first-order chi connectivity index (χ1) is 14.2. The molecule has 164 valence electrons. The van der Waals surface area contributed by atoms with Crippen molar-refractivity contribution >= 4 is 23.4 Å². The Kier molecular flexibility index (Phi) is 5.36. The van der Waals surface area contributed by atoms with Crippen LogP contribution in [0, 0.1) is 11.2 Å². The Bertz CT molecular complexity index is 840. The molecule has 3 aliphatic heterocycles. The molecule has 2 amide bonds. The second-order valence-corrected chi connectivity index (χ2v) is 8.69. The van der Waals surface area contributed by atoms with Gasteiger partial charge in [0.05, 0.1) is 37.7 Å². The van der Waals surface area contributed by atoms with E-state index in [4.69, 9.17) is 14.2 Å². The number of hydrogen-bond acceptors (Lipinski definition) is 6. The van der Waals surface area contributed by atoms with Gasteiger partial charge < -0.3 is 24.4 Å². The van der Waals surface area contributed by atoms with Gasteiger partial charge in [-0.05, 0) is 18.2 Å². The molecule has 30 heavy (non-hydrogen) atoms. The van der Waals surface area contributed by atoms with Crippen LogP contribution >= 0.6 is 0 Å². The number of ether oxygens (including phenoxy) is 3. The van der Waals surface area contributed by atoms with Crippen LogP contribution in [-0.4, -0.2) is 63.3 Å². The van der Waals surface area contributed by atoms with Crippen molar-refractivity contribution in [1.82, 2.24) is 5.32 Å². The summed E-state index contributed by atoms with van der Waals surface area (Å²) in [6.07, 6.45) is -0.353. The predicted octanol–water partition coefficient (Wildman–Crippen LogP) is 2.27. The minimum Gasteiger partial charge on any atom is -0.442 e. The standard InChI is InChI=1S/C21H28FN3O5/c1-14(26)23-11-16-12-25(19(27)30-16)15-4-5-18(17(22)10-15)24-7-6-21(20(2,3)13-24)28-8-9-29-21/h4-5,10,16H,6-9,11-13H2,1-3H3,(H,23,26). The Labute approximate surface area is 175 Å². The van der Waals surface area contributed by atoms with Gasteiger partial charge in [0, 0.05) is 31.8 Å². The molecule has 1 atom stereocenters. The van der Waals surface area contributed by atoms with Crippen LogP contribution in [0.25, 0.3) is 0 Å². The first-order valence-electron chi connectivity index (χ1n) is 10.3. The third kappa shape index (κ3) is 3.72. The van der Waals surface area contributed by atoms with Gasteiger partial charge in [0.1, 0.15) is 11.9 Å². The van der Waals surface area contributed by atoms with Gasteiger partial charge in [0.2, 0.25) is 5.91 Å². The fraction of sp³-hybridized carbons (Fsp3) is 0.619. The lowest BCUT2D eigenvalue weighted by molar-refractivity contribution is -0.235. The van der Waals surface area contributed by atoms with Gasteiger partial charge in [0.25, 0.3) is 0 Å². The number of carbonyl (C=O) groups excluding carboxylic acids is 2. The van der Waals surface area contributed by atoms with Crippen molar-refractivity contribution in [3.05, 3.63) is 24.0 Å². The summed E-state index contributed by atoms with van der Waals surface area (Å²) in [5.41, 5.74) is 0.617. The van der Waals surface area contributed by atoms with Crippen molar-refractivity contribution in [3.63, 3.8) is 0 Å². The number of benzene rings is 1. The molecule has 1 N–H and O–H groups in total. The van der Waals surface area contributed by atoms with Crippen molar-refractivity contribution in [2.75, 3.05) is 49.2 Å². The summed E-state index contributed by atoms with van der Waals surface area (Å²) in [6, 6.07) is 4.78. The van der Waals surface area contributed by atoms with Crippen LogP contribution in [0.4, 0.5) is 20.6 Å². The van der Waals surface area contributed by atoms with E-state index in [-0.39, 0.29) is 24.4 Å². The van der Waals surface area contributed by atoms with Crippen molar-refractivity contribution in [3.8, 4) is 0 Å². The normalized spacial score (nSPS) is 24.9. The Hall–Kier alpha value is -2.39. The molecule has 0 saturated carbocycles. The summed E-state index contributed by atoms with van der Waals surface area (Å²) in [6.45, 7) is 8.41. The molecule has 9 heteroatoms. The van der Waals surface area contributed by atoms with E-state index in [0.717, 1.165) is 0 Å². The number of nitrogens with one attached hydrogen (secondary N) is 1. The van der Waals surface area contributed by atoms with Crippen LogP contribution < -0.4 is 15.1 Å². The molecular weight excluding hydrogens is 393 g/mol. The molecule has 0 aromatic heterocycles. The number of hydrogen-bond donors (Lipinski definition) is 1. The second-order valence-electron chi connectivity index (χ2n) is 8.69. The molecule has 3 fully saturated rings. The molecule has 1 aromatic rings. The molecule has 3 saturated heterocycles. The van der Waals surface area contributed by atoms with E-state index in [1.807, 2.05) is 4.90 Å². The number of nitrogens with zero attached hydrogens (tertiary/aromatic N) is 2. The number of cyclic esters (lactones) is 1. The van der Waals surface area contributed by atoms with Crippen LogP contribution in [0.15, 0.2) is 18.2 Å². The number of carbonyl (C=O) groups is 2. The van der Waals surface area contributed by atoms with E-state index in [1.165, 1.54) is 17.9 Å². The molecule has 1 spiro atoms. The Morgan fingerprint density at radius 3 is 2.67 bits per heavy atom. The second kappa shape index (κ2) is 7.70. The van der Waals surface area contributed by atoms with Crippen LogP contribution in [0.2, 0.25) is 0 Å². The van der Waals surface area contributed by atoms with Gasteiger partial charge in [0.15, 0.2) is 5.79 Å². The average Bonchev–Trinajstić information content (AvgIpc) is 3.30. The highest BCUT2D eigenvalue weighted by atomic mass is 19.1. The molecule has 0 bridgehead atoms. The van der Waals surface area contributed by atoms with E-state index in [2.05, 4.69) is 19.2 Å². The van der Waals surface area contributed by atoms with Crippen LogP contribution in [0.3, 0.4) is 0 Å². The first kappa shape index (κ1) is 20.9. The Morgan fingerprint density at radius 2 is 2.03 bits per heavy atom. The largest absolute Gasteiger partial charge is 0.442 e. The third-order valence-electron chi connectivity index (χ3n) is 6.12. The van der Waals surface area contributed by atoms with Crippen LogP contribution in [0.1, 0.15) is 27.2 Å². The highest BCUT2D eigenvalue weighted by Crippen LogP contribution is 2.46. The van der Waals surface area contributed by atoms with Crippen molar-refractivity contribution < 1.29 is 28.2 Å². The lowest BCUT2D eigenvalue weighted by Gasteiger charge is -2.50. The molecule has 3 aliphatic rings. The molecule has 4 rings (SSSR count). The van der Waals surface area contributed by atoms with Crippen LogP contribution in [-0.2, 0) is 19.0 Å². The molecule has 3 heterocycles. The highest BCUT2D eigenvalue weighted by Gasteiger charge is 2.53. The van der Waals surface area contributed by atoms with E-state index >= 15 is 4.39 Å². The lowest BCUT2D eigenvalue weighted by atomic mass is 9.77. The van der Waals surface area contributed by atoms with Crippen LogP contribution in [0.5, 0.6) is 0 Å². The summed E-state index contributed by atoms with van der Waals surface area (Å²) in [5, 5.41) is 2.63. The number of piperidine rings is 1. The Morgan fingerprint density at radius 1 is 1.30 bits per heavy atom. The minimum atomic E-state index is -0.609. The maximum absolute atomic E-state index is 15.0. The van der Waals surface area contributed by atoms with Crippen molar-refractivity contribution in [2.24, 2.45) is 5.41 Å². The zero-order chi connectivity index (χ0) is 21.5. The van der Waals surface area contributed by atoms with Gasteiger partial charge in [-0.15, -0.1) is 0 Å². The third-order valence-corrected chi connectivity index (χ3v) is 6.12. The Balaban J connectivity index is 1.46. The van der Waals surface area contributed by atoms with E-state index < -0.39 is 23.8 Å². The predicted molar refractivity (Wildman–Crippen MR) is 108 cm³/mol. The smallest absolute Gasteiger partial charge is 0.414 e. The van der Waals surface area contributed by atoms with E-state index in [0.29, 0.717) is 44.1 Å². The number of amides is 2. The molecule has 8 nitrogen and oxygen atoms in total. The van der Waals surface area contributed by atoms with Gasteiger partial charge >= 0.3 is 6.09 Å². The summed E-state index contributed by atoms with van der Waals surface area (Å²) < 4.78 is 32.2. The quantitative estimate of drug-likeness (QED) is 0.804. The molecular formula is C21H28FN3O5. The van der Waals surface area contributed by atoms with Crippen molar-refractivity contribution in [1.29, 1.82) is 0 Å². The first-order valence-corrected chi connectivity index (χ1v) is 10.3. The number of anilines is 2. The highest BCUT2D eigenvalue weighted by molar-refractivity contribution is 5.90. The topological polar surface area (TPSA) is 80.3 Å². The molecule has 1 aromatic carbocycles. The zero-order valence-corrected chi connectivity index (χ0v) is 17.6. The fourth-order valence-corrected chi connectivity index (χ4v) is 4.51. The summed E-state index contributed by atoms with van der Waals surface area (Å²) >= 11 is 0. The SMILES string of the molecule is CC(=O)NCC1CN(c2ccc(N3CCC4(OCCO4)C(C)(C)C3)c(F)c2)C(=O)O1. The lowest BCUT2D eigenvalue weighted by Crippen LogP contribution is -2.58. The molecule has 0 aliphatic carbocycles. The fourth-order valence-electron chi connectivity index (χ4n) is 4.51. The van der Waals surface area contributed by atoms with E-state index in [1.54, 1.807) is 12.1 Å². The van der Waals surface area contributed by atoms with Crippen molar-refractivity contribution in [2.45, 2.75) is 39.1 Å². The van der Waals surface area contributed by atoms with Gasteiger partial charge in [-0.2, -0.15) is 0 Å². The maximum atomic E-state index is 15.0. The number of halogens is 1. The maximum Gasteiger partial charge on any atom is 0.414 e. The molecule has 1 unspecified atom stereocenters. The summed E-state index contributed by atoms with van der Waals surface area (Å²) in [7, 11) is 0. The molecule has 0 radical (unpaired) electrons. The summed E-state index contributed by atoms with van der Waals surface area (Å²) in [4.78, 5) is 26.6. The van der Waals surface area contributed by atoms with E-state index in [9.17, 15) is 9.59 Å². The minimum absolute atomic E-state index is 0.195. The average molecular weight is 421 g/mol. The monoisotopic (exact) mass is 421 g/mol. The van der Waals surface area contributed by atoms with Gasteiger partial charge in [-0.25, -0.2) is 9.18 Å². The van der Waals surface area contributed by atoms with Gasteiger partial charge in [-0.3, -0.25) is 9.69 Å².